The van der Waals surface area contributed by atoms with E-state index in [9.17, 15) is 18.0 Å². The van der Waals surface area contributed by atoms with Crippen molar-refractivity contribution in [2.45, 2.75) is 52.5 Å². The fourth-order valence-electron chi connectivity index (χ4n) is 3.45. The Morgan fingerprint density at radius 1 is 1.19 bits per heavy atom. The molecule has 1 atom stereocenters. The standard InChI is InChI=1S/C19H28N2O4S/c1-4-15-7-6-8-16(5-2)19(15)20-18(23)9-11-21(14(3)22)17-10-12-26(24,25)13-17/h6-8,17H,4-5,9-13H2,1-3H3,(H,20,23). The van der Waals surface area contributed by atoms with Gasteiger partial charge in [0.05, 0.1) is 11.5 Å². The van der Waals surface area contributed by atoms with Crippen LogP contribution in [0.15, 0.2) is 18.2 Å². The van der Waals surface area contributed by atoms with Gasteiger partial charge in [0.15, 0.2) is 9.84 Å². The molecule has 0 saturated carbocycles. The van der Waals surface area contributed by atoms with Gasteiger partial charge in [-0.15, -0.1) is 0 Å². The summed E-state index contributed by atoms with van der Waals surface area (Å²) >= 11 is 0. The summed E-state index contributed by atoms with van der Waals surface area (Å²) in [5.41, 5.74) is 3.03. The number of nitrogens with zero attached hydrogens (tertiary/aromatic N) is 1. The van der Waals surface area contributed by atoms with E-state index in [1.807, 2.05) is 32.0 Å². The summed E-state index contributed by atoms with van der Waals surface area (Å²) in [5, 5.41) is 2.99. The number of nitrogens with one attached hydrogen (secondary N) is 1. The van der Waals surface area contributed by atoms with Gasteiger partial charge in [0.25, 0.3) is 0 Å². The van der Waals surface area contributed by atoms with Crippen molar-refractivity contribution in [2.75, 3.05) is 23.4 Å². The highest BCUT2D eigenvalue weighted by molar-refractivity contribution is 7.91. The molecule has 26 heavy (non-hydrogen) atoms. The molecule has 144 valence electrons. The first kappa shape index (κ1) is 20.4. The van der Waals surface area contributed by atoms with Gasteiger partial charge in [-0.3, -0.25) is 9.59 Å². The van der Waals surface area contributed by atoms with Crippen LogP contribution in [0.4, 0.5) is 5.69 Å². The SMILES string of the molecule is CCc1cccc(CC)c1NC(=O)CCN(C(C)=O)C1CCS(=O)(=O)C1. The highest BCUT2D eigenvalue weighted by Crippen LogP contribution is 2.23. The van der Waals surface area contributed by atoms with E-state index >= 15 is 0 Å². The van der Waals surface area contributed by atoms with Gasteiger partial charge < -0.3 is 10.2 Å². The van der Waals surface area contributed by atoms with Crippen LogP contribution in [0.1, 0.15) is 44.7 Å². The zero-order valence-electron chi connectivity index (χ0n) is 15.7. The molecule has 1 aliphatic rings. The van der Waals surface area contributed by atoms with Gasteiger partial charge in [-0.1, -0.05) is 32.0 Å². The van der Waals surface area contributed by atoms with Crippen LogP contribution in [0.25, 0.3) is 0 Å². The normalized spacial score (nSPS) is 18.5. The minimum absolute atomic E-state index is 0.00709. The maximum absolute atomic E-state index is 12.5. The molecule has 0 aliphatic carbocycles. The molecule has 1 aromatic carbocycles. The number of hydrogen-bond donors (Lipinski definition) is 1. The summed E-state index contributed by atoms with van der Waals surface area (Å²) in [7, 11) is -3.07. The summed E-state index contributed by atoms with van der Waals surface area (Å²) in [6, 6.07) is 5.67. The summed E-state index contributed by atoms with van der Waals surface area (Å²) in [6.45, 7) is 5.74. The predicted molar refractivity (Wildman–Crippen MR) is 103 cm³/mol. The van der Waals surface area contributed by atoms with Gasteiger partial charge in [0.2, 0.25) is 11.8 Å². The zero-order valence-corrected chi connectivity index (χ0v) is 16.6. The van der Waals surface area contributed by atoms with Crippen molar-refractivity contribution in [1.82, 2.24) is 4.90 Å². The third kappa shape index (κ3) is 5.06. The van der Waals surface area contributed by atoms with Crippen LogP contribution < -0.4 is 5.32 Å². The number of para-hydroxylation sites is 1. The molecule has 0 aromatic heterocycles. The Kier molecular flexibility index (Phi) is 6.81. The van der Waals surface area contributed by atoms with Crippen molar-refractivity contribution in [2.24, 2.45) is 0 Å². The molecule has 1 aromatic rings. The van der Waals surface area contributed by atoms with Crippen molar-refractivity contribution in [3.63, 3.8) is 0 Å². The number of hydrogen-bond acceptors (Lipinski definition) is 4. The van der Waals surface area contributed by atoms with Gasteiger partial charge in [-0.05, 0) is 30.4 Å². The highest BCUT2D eigenvalue weighted by Gasteiger charge is 2.33. The topological polar surface area (TPSA) is 83.6 Å². The zero-order chi connectivity index (χ0) is 19.3. The second-order valence-electron chi connectivity index (χ2n) is 6.73. The highest BCUT2D eigenvalue weighted by atomic mass is 32.2. The molecule has 0 radical (unpaired) electrons. The third-order valence-electron chi connectivity index (χ3n) is 4.90. The second kappa shape index (κ2) is 8.66. The van der Waals surface area contributed by atoms with Gasteiger partial charge >= 0.3 is 0 Å². The van der Waals surface area contributed by atoms with Crippen molar-refractivity contribution in [3.05, 3.63) is 29.3 Å². The molecule has 1 unspecified atom stereocenters. The smallest absolute Gasteiger partial charge is 0.226 e. The molecule has 1 N–H and O–H groups in total. The minimum atomic E-state index is -3.07. The molecule has 1 aliphatic heterocycles. The fraction of sp³-hybridized carbons (Fsp3) is 0.579. The van der Waals surface area contributed by atoms with E-state index in [4.69, 9.17) is 0 Å². The van der Waals surface area contributed by atoms with E-state index < -0.39 is 9.84 Å². The number of anilines is 1. The molecule has 2 amide bonds. The first-order valence-corrected chi connectivity index (χ1v) is 11.0. The minimum Gasteiger partial charge on any atom is -0.338 e. The van der Waals surface area contributed by atoms with E-state index in [2.05, 4.69) is 5.32 Å². The summed E-state index contributed by atoms with van der Waals surface area (Å²) in [4.78, 5) is 25.9. The monoisotopic (exact) mass is 380 g/mol. The van der Waals surface area contributed by atoms with Crippen molar-refractivity contribution in [1.29, 1.82) is 0 Å². The molecular weight excluding hydrogens is 352 g/mol. The lowest BCUT2D eigenvalue weighted by molar-refractivity contribution is -0.131. The molecule has 1 heterocycles. The van der Waals surface area contributed by atoms with E-state index in [0.29, 0.717) is 6.42 Å². The van der Waals surface area contributed by atoms with E-state index in [1.165, 1.54) is 11.8 Å². The Morgan fingerprint density at radius 3 is 2.27 bits per heavy atom. The number of amides is 2. The lowest BCUT2D eigenvalue weighted by Crippen LogP contribution is -2.41. The molecule has 6 nitrogen and oxygen atoms in total. The first-order chi connectivity index (χ1) is 12.3. The molecule has 1 fully saturated rings. The third-order valence-corrected chi connectivity index (χ3v) is 6.65. The van der Waals surface area contributed by atoms with Gasteiger partial charge in [-0.25, -0.2) is 8.42 Å². The summed E-state index contributed by atoms with van der Waals surface area (Å²) in [6.07, 6.45) is 2.24. The van der Waals surface area contributed by atoms with Crippen LogP contribution in [0.2, 0.25) is 0 Å². The van der Waals surface area contributed by atoms with E-state index in [-0.39, 0.29) is 42.3 Å². The number of benzene rings is 1. The van der Waals surface area contributed by atoms with E-state index in [1.54, 1.807) is 0 Å². The summed E-state index contributed by atoms with van der Waals surface area (Å²) in [5.74, 6) is -0.250. The fourth-order valence-corrected chi connectivity index (χ4v) is 5.18. The predicted octanol–water partition coefficient (Wildman–Crippen LogP) is 2.18. The Balaban J connectivity index is 2.02. The number of carbonyl (C=O) groups is 2. The first-order valence-electron chi connectivity index (χ1n) is 9.15. The van der Waals surface area contributed by atoms with Gasteiger partial charge in [-0.2, -0.15) is 0 Å². The maximum atomic E-state index is 12.5. The van der Waals surface area contributed by atoms with Crippen LogP contribution in [0.5, 0.6) is 0 Å². The lowest BCUT2D eigenvalue weighted by atomic mass is 10.0. The largest absolute Gasteiger partial charge is 0.338 e. The average molecular weight is 381 g/mol. The van der Waals surface area contributed by atoms with Crippen molar-refractivity contribution in [3.8, 4) is 0 Å². The number of aryl methyl sites for hydroxylation is 2. The van der Waals surface area contributed by atoms with Crippen molar-refractivity contribution < 1.29 is 18.0 Å². The Labute approximate surface area is 155 Å². The quantitative estimate of drug-likeness (QED) is 0.786. The second-order valence-corrected chi connectivity index (χ2v) is 8.95. The lowest BCUT2D eigenvalue weighted by Gasteiger charge is -2.27. The number of sulfone groups is 1. The number of rotatable bonds is 7. The van der Waals surface area contributed by atoms with Crippen LogP contribution in [0, 0.1) is 0 Å². The molecule has 0 bridgehead atoms. The molecule has 0 spiro atoms. The van der Waals surface area contributed by atoms with Crippen LogP contribution >= 0.6 is 0 Å². The molecular formula is C19H28N2O4S. The molecule has 1 saturated heterocycles. The van der Waals surface area contributed by atoms with Crippen LogP contribution in [-0.2, 0) is 32.3 Å². The molecule has 7 heteroatoms. The number of carbonyl (C=O) groups excluding carboxylic acids is 2. The van der Waals surface area contributed by atoms with Crippen molar-refractivity contribution >= 4 is 27.3 Å². The van der Waals surface area contributed by atoms with Gasteiger partial charge in [0, 0.05) is 31.6 Å². The van der Waals surface area contributed by atoms with Crippen LogP contribution in [0.3, 0.4) is 0 Å². The molecule has 2 rings (SSSR count). The Bertz CT molecular complexity index is 751. The summed E-state index contributed by atoms with van der Waals surface area (Å²) < 4.78 is 23.3. The van der Waals surface area contributed by atoms with Crippen LogP contribution in [-0.4, -0.2) is 49.2 Å². The average Bonchev–Trinajstić information content (AvgIpc) is 2.94. The van der Waals surface area contributed by atoms with Gasteiger partial charge in [0.1, 0.15) is 0 Å². The Hall–Kier alpha value is -1.89. The Morgan fingerprint density at radius 2 is 1.81 bits per heavy atom. The van der Waals surface area contributed by atoms with E-state index in [0.717, 1.165) is 29.7 Å². The maximum Gasteiger partial charge on any atom is 0.226 e.